The van der Waals surface area contributed by atoms with Crippen LogP contribution in [0.25, 0.3) is 0 Å². The van der Waals surface area contributed by atoms with E-state index in [0.717, 1.165) is 11.0 Å². The first kappa shape index (κ1) is 19.3. The van der Waals surface area contributed by atoms with Crippen molar-refractivity contribution in [2.75, 3.05) is 30.9 Å². The molecule has 1 aliphatic heterocycles. The Bertz CT molecular complexity index is 864. The lowest BCUT2D eigenvalue weighted by Crippen LogP contribution is -2.22. The molecule has 0 atom stereocenters. The normalized spacial score (nSPS) is 12.4. The predicted octanol–water partition coefficient (Wildman–Crippen LogP) is 3.52. The summed E-state index contributed by atoms with van der Waals surface area (Å²) in [6.07, 6.45) is 0. The number of nitrogens with one attached hydrogen (secondary N) is 1. The molecule has 1 aliphatic rings. The van der Waals surface area contributed by atoms with Crippen molar-refractivity contribution in [3.8, 4) is 11.5 Å². The Morgan fingerprint density at radius 3 is 2.70 bits per heavy atom. The Labute approximate surface area is 163 Å². The summed E-state index contributed by atoms with van der Waals surface area (Å²) in [6.45, 7) is 0.475. The highest BCUT2D eigenvalue weighted by Crippen LogP contribution is 2.34. The second kappa shape index (κ2) is 8.96. The predicted molar refractivity (Wildman–Crippen MR) is 99.2 cm³/mol. The van der Waals surface area contributed by atoms with E-state index in [-0.39, 0.29) is 16.5 Å². The smallest absolute Gasteiger partial charge is 0.316 e. The molecule has 0 aliphatic carbocycles. The van der Waals surface area contributed by atoms with Gasteiger partial charge < -0.3 is 19.5 Å². The molecule has 142 valence electrons. The fourth-order valence-electron chi connectivity index (χ4n) is 2.22. The average molecular weight is 412 g/mol. The molecular formula is C18H15ClFNO5S. The summed E-state index contributed by atoms with van der Waals surface area (Å²) in [4.78, 5) is 24.4. The van der Waals surface area contributed by atoms with Gasteiger partial charge in [0.15, 0.2) is 18.1 Å². The molecule has 1 N–H and O–H groups in total. The molecule has 2 aromatic rings. The molecule has 1 amide bonds. The largest absolute Gasteiger partial charge is 0.486 e. The number of ether oxygens (including phenoxy) is 3. The Hall–Kier alpha value is -2.45. The van der Waals surface area contributed by atoms with Gasteiger partial charge in [-0.15, -0.1) is 11.8 Å². The van der Waals surface area contributed by atoms with Gasteiger partial charge in [-0.2, -0.15) is 0 Å². The van der Waals surface area contributed by atoms with E-state index in [1.165, 1.54) is 23.9 Å². The maximum Gasteiger partial charge on any atom is 0.316 e. The number of esters is 1. The minimum Gasteiger partial charge on any atom is -0.486 e. The molecule has 0 saturated heterocycles. The van der Waals surface area contributed by atoms with Crippen molar-refractivity contribution in [1.29, 1.82) is 0 Å². The van der Waals surface area contributed by atoms with E-state index in [0.29, 0.717) is 24.7 Å². The molecule has 3 rings (SSSR count). The molecule has 0 unspecified atom stereocenters. The molecule has 0 fully saturated rings. The van der Waals surface area contributed by atoms with Gasteiger partial charge >= 0.3 is 5.97 Å². The standard InChI is InChI=1S/C18H15ClFNO5S/c19-11-1-3-14(13(20)7-11)21-17(22)9-26-18(23)10-27-12-2-4-15-16(8-12)25-6-5-24-15/h1-4,7-8H,5-6,9-10H2,(H,21,22). The monoisotopic (exact) mass is 411 g/mol. The second-order valence-electron chi connectivity index (χ2n) is 5.43. The zero-order valence-corrected chi connectivity index (χ0v) is 15.6. The Morgan fingerprint density at radius 1 is 1.15 bits per heavy atom. The van der Waals surface area contributed by atoms with E-state index in [9.17, 15) is 14.0 Å². The molecule has 0 saturated carbocycles. The summed E-state index contributed by atoms with van der Waals surface area (Å²) in [5, 5.41) is 2.53. The number of rotatable bonds is 6. The van der Waals surface area contributed by atoms with Crippen LogP contribution in [0.4, 0.5) is 10.1 Å². The lowest BCUT2D eigenvalue weighted by Gasteiger charge is -2.18. The third kappa shape index (κ3) is 5.51. The van der Waals surface area contributed by atoms with E-state index >= 15 is 0 Å². The van der Waals surface area contributed by atoms with Crippen molar-refractivity contribution in [3.63, 3.8) is 0 Å². The van der Waals surface area contributed by atoms with Crippen LogP contribution in [0.15, 0.2) is 41.3 Å². The van der Waals surface area contributed by atoms with Crippen LogP contribution in [0.1, 0.15) is 0 Å². The number of halogens is 2. The van der Waals surface area contributed by atoms with Crippen molar-refractivity contribution >= 4 is 40.9 Å². The molecular weight excluding hydrogens is 397 g/mol. The van der Waals surface area contributed by atoms with E-state index in [4.69, 9.17) is 25.8 Å². The minimum absolute atomic E-state index is 0.0161. The number of fused-ring (bicyclic) bond motifs is 1. The van der Waals surface area contributed by atoms with Crippen LogP contribution in [-0.2, 0) is 14.3 Å². The van der Waals surface area contributed by atoms with Crippen molar-refractivity contribution in [2.45, 2.75) is 4.90 Å². The Kier molecular flexibility index (Phi) is 6.41. The van der Waals surface area contributed by atoms with Gasteiger partial charge in [-0.25, -0.2) is 4.39 Å². The summed E-state index contributed by atoms with van der Waals surface area (Å²) in [5.41, 5.74) is -0.0360. The zero-order chi connectivity index (χ0) is 19.2. The van der Waals surface area contributed by atoms with Gasteiger partial charge in [-0.3, -0.25) is 9.59 Å². The van der Waals surface area contributed by atoms with Crippen LogP contribution in [0.3, 0.4) is 0 Å². The first-order chi connectivity index (χ1) is 13.0. The lowest BCUT2D eigenvalue weighted by atomic mass is 10.3. The molecule has 0 bridgehead atoms. The maximum absolute atomic E-state index is 13.6. The van der Waals surface area contributed by atoms with Crippen LogP contribution in [-0.4, -0.2) is 37.4 Å². The quantitative estimate of drug-likeness (QED) is 0.579. The third-order valence-electron chi connectivity index (χ3n) is 3.44. The van der Waals surface area contributed by atoms with Gasteiger partial charge in [0.2, 0.25) is 0 Å². The van der Waals surface area contributed by atoms with Crippen LogP contribution in [0, 0.1) is 5.82 Å². The summed E-state index contributed by atoms with van der Waals surface area (Å²) in [7, 11) is 0. The van der Waals surface area contributed by atoms with E-state index in [1.807, 2.05) is 6.07 Å². The number of thioether (sulfide) groups is 1. The number of hydrogen-bond donors (Lipinski definition) is 1. The lowest BCUT2D eigenvalue weighted by molar-refractivity contribution is -0.144. The third-order valence-corrected chi connectivity index (χ3v) is 4.64. The number of anilines is 1. The molecule has 27 heavy (non-hydrogen) atoms. The zero-order valence-electron chi connectivity index (χ0n) is 14.0. The number of benzene rings is 2. The molecule has 0 aromatic heterocycles. The average Bonchev–Trinajstić information content (AvgIpc) is 2.67. The van der Waals surface area contributed by atoms with E-state index in [1.54, 1.807) is 12.1 Å². The number of carbonyl (C=O) groups is 2. The van der Waals surface area contributed by atoms with Crippen LogP contribution in [0.5, 0.6) is 11.5 Å². The Balaban J connectivity index is 1.43. The molecule has 9 heteroatoms. The second-order valence-corrected chi connectivity index (χ2v) is 6.91. The van der Waals surface area contributed by atoms with Crippen LogP contribution < -0.4 is 14.8 Å². The summed E-state index contributed by atoms with van der Waals surface area (Å²) < 4.78 is 29.4. The van der Waals surface area contributed by atoms with Crippen molar-refractivity contribution in [2.24, 2.45) is 0 Å². The highest BCUT2D eigenvalue weighted by molar-refractivity contribution is 8.00. The fraction of sp³-hybridized carbons (Fsp3) is 0.222. The van der Waals surface area contributed by atoms with Crippen molar-refractivity contribution in [3.05, 3.63) is 47.2 Å². The first-order valence-corrected chi connectivity index (χ1v) is 9.30. The van der Waals surface area contributed by atoms with Crippen LogP contribution >= 0.6 is 23.4 Å². The summed E-state index contributed by atoms with van der Waals surface area (Å²) in [5.74, 6) is -0.572. The van der Waals surface area contributed by atoms with Gasteiger partial charge in [0.05, 0.1) is 11.4 Å². The van der Waals surface area contributed by atoms with Crippen molar-refractivity contribution in [1.82, 2.24) is 0 Å². The topological polar surface area (TPSA) is 73.9 Å². The summed E-state index contributed by atoms with van der Waals surface area (Å²) in [6, 6.07) is 9.21. The van der Waals surface area contributed by atoms with Gasteiger partial charge in [0, 0.05) is 9.92 Å². The summed E-state index contributed by atoms with van der Waals surface area (Å²) >= 11 is 6.89. The highest BCUT2D eigenvalue weighted by Gasteiger charge is 2.14. The fourth-order valence-corrected chi connectivity index (χ4v) is 3.10. The first-order valence-electron chi connectivity index (χ1n) is 7.94. The van der Waals surface area contributed by atoms with Crippen molar-refractivity contribution < 1.29 is 28.2 Å². The molecule has 2 aromatic carbocycles. The molecule has 1 heterocycles. The van der Waals surface area contributed by atoms with Gasteiger partial charge in [0.25, 0.3) is 5.91 Å². The van der Waals surface area contributed by atoms with Crippen LogP contribution in [0.2, 0.25) is 5.02 Å². The maximum atomic E-state index is 13.6. The Morgan fingerprint density at radius 2 is 1.93 bits per heavy atom. The van der Waals surface area contributed by atoms with Gasteiger partial charge in [0.1, 0.15) is 19.0 Å². The van der Waals surface area contributed by atoms with E-state index in [2.05, 4.69) is 5.32 Å². The molecule has 0 radical (unpaired) electrons. The van der Waals surface area contributed by atoms with Gasteiger partial charge in [-0.05, 0) is 36.4 Å². The highest BCUT2D eigenvalue weighted by atomic mass is 35.5. The molecule has 0 spiro atoms. The molecule has 6 nitrogen and oxygen atoms in total. The number of hydrogen-bond acceptors (Lipinski definition) is 6. The number of amides is 1. The SMILES string of the molecule is O=C(COC(=O)CSc1ccc2c(c1)OCCO2)Nc1ccc(Cl)cc1F. The number of carbonyl (C=O) groups excluding carboxylic acids is 2. The van der Waals surface area contributed by atoms with Gasteiger partial charge in [-0.1, -0.05) is 11.6 Å². The minimum atomic E-state index is -0.670. The van der Waals surface area contributed by atoms with E-state index < -0.39 is 24.3 Å².